The maximum absolute atomic E-state index is 8.63. The molecule has 0 saturated heterocycles. The van der Waals surface area contributed by atoms with Crippen molar-refractivity contribution in [1.29, 1.82) is 0 Å². The Balaban J connectivity index is 2.39. The largest absolute Gasteiger partial charge is 0.394 e. The van der Waals surface area contributed by atoms with Gasteiger partial charge in [0, 0.05) is 31.2 Å². The fraction of sp³-hybridized carbons (Fsp3) is 0.818. The lowest BCUT2D eigenvalue weighted by Crippen LogP contribution is -2.27. The molecule has 7 heteroatoms. The van der Waals surface area contributed by atoms with Crippen LogP contribution >= 0.6 is 11.5 Å². The van der Waals surface area contributed by atoms with Gasteiger partial charge in [-0.05, 0) is 13.5 Å². The summed E-state index contributed by atoms with van der Waals surface area (Å²) in [4.78, 5) is 2.24. The summed E-state index contributed by atoms with van der Waals surface area (Å²) in [5.41, 5.74) is 0.992. The molecule has 0 aliphatic carbocycles. The lowest BCUT2D eigenvalue weighted by molar-refractivity contribution is 0.0730. The van der Waals surface area contributed by atoms with Crippen LogP contribution in [0.4, 0.5) is 5.00 Å². The third-order valence-corrected chi connectivity index (χ3v) is 3.23. The third-order valence-electron chi connectivity index (χ3n) is 2.50. The zero-order valence-electron chi connectivity index (χ0n) is 11.1. The predicted octanol–water partition coefficient (Wildman–Crippen LogP) is 0.801. The van der Waals surface area contributed by atoms with Gasteiger partial charge in [-0.1, -0.05) is 11.4 Å². The second kappa shape index (κ2) is 9.21. The number of aliphatic hydroxyl groups is 1. The Morgan fingerprint density at radius 1 is 1.39 bits per heavy atom. The molecule has 1 aromatic heterocycles. The van der Waals surface area contributed by atoms with Crippen molar-refractivity contribution in [3.63, 3.8) is 0 Å². The molecular formula is C11H22N4O2S. The molecule has 0 amide bonds. The first-order chi connectivity index (χ1) is 8.81. The highest BCUT2D eigenvalue weighted by molar-refractivity contribution is 7.10. The molecule has 0 bridgehead atoms. The van der Waals surface area contributed by atoms with Crippen molar-refractivity contribution in [2.75, 3.05) is 44.8 Å². The summed E-state index contributed by atoms with van der Waals surface area (Å²) in [5.74, 6) is 0. The number of nitrogens with one attached hydrogen (secondary N) is 1. The van der Waals surface area contributed by atoms with Crippen LogP contribution in [0.1, 0.15) is 19.5 Å². The molecule has 6 nitrogen and oxygen atoms in total. The zero-order chi connectivity index (χ0) is 13.2. The van der Waals surface area contributed by atoms with Crippen LogP contribution in [0, 0.1) is 0 Å². The lowest BCUT2D eigenvalue weighted by Gasteiger charge is -2.19. The first-order valence-electron chi connectivity index (χ1n) is 6.27. The summed E-state index contributed by atoms with van der Waals surface area (Å²) in [5, 5.41) is 17.1. The van der Waals surface area contributed by atoms with Crippen molar-refractivity contribution >= 4 is 16.5 Å². The van der Waals surface area contributed by atoms with Crippen molar-refractivity contribution in [2.24, 2.45) is 0 Å². The lowest BCUT2D eigenvalue weighted by atomic mass is 10.4. The van der Waals surface area contributed by atoms with Crippen molar-refractivity contribution in [3.05, 3.63) is 5.69 Å². The number of aromatic nitrogens is 2. The van der Waals surface area contributed by atoms with Crippen LogP contribution in [-0.4, -0.2) is 59.0 Å². The fourth-order valence-electron chi connectivity index (χ4n) is 1.53. The summed E-state index contributed by atoms with van der Waals surface area (Å²) in [6.07, 6.45) is 0. The number of aliphatic hydroxyl groups excluding tert-OH is 1. The van der Waals surface area contributed by atoms with E-state index < -0.39 is 0 Å². The van der Waals surface area contributed by atoms with Gasteiger partial charge in [-0.3, -0.25) is 4.90 Å². The molecule has 18 heavy (non-hydrogen) atoms. The Morgan fingerprint density at radius 3 is 2.89 bits per heavy atom. The summed E-state index contributed by atoms with van der Waals surface area (Å²) in [6.45, 7) is 8.70. The van der Waals surface area contributed by atoms with Gasteiger partial charge in [-0.2, -0.15) is 0 Å². The van der Waals surface area contributed by atoms with E-state index in [1.165, 1.54) is 11.5 Å². The molecule has 0 aliphatic rings. The van der Waals surface area contributed by atoms with Gasteiger partial charge in [0.1, 0.15) is 10.7 Å². The van der Waals surface area contributed by atoms with E-state index in [-0.39, 0.29) is 6.61 Å². The Labute approximate surface area is 112 Å². The average Bonchev–Trinajstić information content (AvgIpc) is 2.81. The molecular weight excluding hydrogens is 252 g/mol. The minimum absolute atomic E-state index is 0.0761. The van der Waals surface area contributed by atoms with E-state index in [4.69, 9.17) is 9.84 Å². The topological polar surface area (TPSA) is 70.5 Å². The van der Waals surface area contributed by atoms with Gasteiger partial charge in [-0.25, -0.2) is 0 Å². The second-order valence-electron chi connectivity index (χ2n) is 3.78. The van der Waals surface area contributed by atoms with Gasteiger partial charge in [0.25, 0.3) is 0 Å². The van der Waals surface area contributed by atoms with E-state index in [1.807, 2.05) is 0 Å². The number of rotatable bonds is 10. The van der Waals surface area contributed by atoms with E-state index in [0.717, 1.165) is 36.9 Å². The number of hydrogen-bond acceptors (Lipinski definition) is 7. The van der Waals surface area contributed by atoms with Crippen molar-refractivity contribution in [2.45, 2.75) is 20.4 Å². The Hall–Kier alpha value is -0.760. The molecule has 0 aromatic carbocycles. The summed E-state index contributed by atoms with van der Waals surface area (Å²) < 4.78 is 9.25. The third kappa shape index (κ3) is 5.26. The highest BCUT2D eigenvalue weighted by Crippen LogP contribution is 2.18. The monoisotopic (exact) mass is 274 g/mol. The molecule has 2 N–H and O–H groups in total. The molecule has 1 heterocycles. The van der Waals surface area contributed by atoms with E-state index in [1.54, 1.807) is 0 Å². The maximum atomic E-state index is 8.63. The molecule has 0 radical (unpaired) electrons. The quantitative estimate of drug-likeness (QED) is 0.615. The number of nitrogens with zero attached hydrogens (tertiary/aromatic N) is 3. The van der Waals surface area contributed by atoms with Crippen LogP contribution < -0.4 is 5.32 Å². The summed E-state index contributed by atoms with van der Waals surface area (Å²) in [6, 6.07) is 0. The molecule has 0 unspecified atom stereocenters. The average molecular weight is 274 g/mol. The van der Waals surface area contributed by atoms with Crippen LogP contribution in [0.5, 0.6) is 0 Å². The van der Waals surface area contributed by atoms with Gasteiger partial charge in [0.15, 0.2) is 0 Å². The Morgan fingerprint density at radius 2 is 2.22 bits per heavy atom. The van der Waals surface area contributed by atoms with Crippen LogP contribution in [0.15, 0.2) is 0 Å². The number of ether oxygens (including phenoxy) is 1. The van der Waals surface area contributed by atoms with Crippen LogP contribution in [0.3, 0.4) is 0 Å². The molecule has 0 atom stereocenters. The van der Waals surface area contributed by atoms with Crippen molar-refractivity contribution in [1.82, 2.24) is 14.5 Å². The van der Waals surface area contributed by atoms with E-state index in [9.17, 15) is 0 Å². The molecule has 0 spiro atoms. The molecule has 0 fully saturated rings. The second-order valence-corrected chi connectivity index (χ2v) is 4.54. The van der Waals surface area contributed by atoms with E-state index in [2.05, 4.69) is 33.7 Å². The minimum Gasteiger partial charge on any atom is -0.394 e. The smallest absolute Gasteiger partial charge is 0.134 e. The summed E-state index contributed by atoms with van der Waals surface area (Å²) in [7, 11) is 0. The van der Waals surface area contributed by atoms with E-state index in [0.29, 0.717) is 13.2 Å². The normalized spacial score (nSPS) is 11.1. The molecule has 104 valence electrons. The maximum Gasteiger partial charge on any atom is 0.134 e. The first-order valence-corrected chi connectivity index (χ1v) is 7.05. The highest BCUT2D eigenvalue weighted by atomic mass is 32.1. The van der Waals surface area contributed by atoms with Gasteiger partial charge >= 0.3 is 0 Å². The minimum atomic E-state index is 0.0761. The van der Waals surface area contributed by atoms with Crippen LogP contribution in [-0.2, 0) is 11.3 Å². The molecule has 1 rings (SSSR count). The van der Waals surface area contributed by atoms with Crippen molar-refractivity contribution < 1.29 is 9.84 Å². The summed E-state index contributed by atoms with van der Waals surface area (Å²) >= 11 is 1.40. The van der Waals surface area contributed by atoms with Crippen LogP contribution in [0.2, 0.25) is 0 Å². The van der Waals surface area contributed by atoms with Gasteiger partial charge in [0.2, 0.25) is 0 Å². The van der Waals surface area contributed by atoms with Gasteiger partial charge in [0.05, 0.1) is 19.8 Å². The predicted molar refractivity (Wildman–Crippen MR) is 72.9 cm³/mol. The van der Waals surface area contributed by atoms with Gasteiger partial charge in [-0.15, -0.1) is 5.10 Å². The fourth-order valence-corrected chi connectivity index (χ4v) is 2.17. The Kier molecular flexibility index (Phi) is 7.83. The highest BCUT2D eigenvalue weighted by Gasteiger charge is 2.11. The Bertz CT molecular complexity index is 322. The number of hydrogen-bond donors (Lipinski definition) is 2. The van der Waals surface area contributed by atoms with E-state index >= 15 is 0 Å². The standard InChI is InChI=1S/C11H22N4O2S/c1-3-12-11-10(13-14-18-11)9-15(4-2)5-7-17-8-6-16/h12,16H,3-9H2,1-2H3. The molecule has 0 saturated carbocycles. The first kappa shape index (κ1) is 15.3. The molecule has 0 aliphatic heterocycles. The number of likely N-dealkylation sites (N-methyl/N-ethyl adjacent to an activating group) is 1. The van der Waals surface area contributed by atoms with Crippen molar-refractivity contribution in [3.8, 4) is 0 Å². The zero-order valence-corrected chi connectivity index (χ0v) is 11.9. The SMILES string of the molecule is CCNc1snnc1CN(CC)CCOCCO. The van der Waals surface area contributed by atoms with Crippen LogP contribution in [0.25, 0.3) is 0 Å². The number of anilines is 1. The molecule has 1 aromatic rings. The van der Waals surface area contributed by atoms with Gasteiger partial charge < -0.3 is 15.2 Å².